The fourth-order valence-electron chi connectivity index (χ4n) is 19.9. The van der Waals surface area contributed by atoms with E-state index in [9.17, 15) is 30.3 Å². The number of carbonyl (C=O) groups is 1. The maximum atomic E-state index is 14.8. The molecule has 23 atom stereocenters. The van der Waals surface area contributed by atoms with Gasteiger partial charge in [-0.3, -0.25) is 14.8 Å². The number of hydrogen-bond acceptors (Lipinski definition) is 12. The lowest BCUT2D eigenvalue weighted by atomic mass is 9.44. The van der Waals surface area contributed by atoms with Gasteiger partial charge in [0.25, 0.3) is 0 Å². The number of hydrogen-bond donors (Lipinski definition) is 5. The third-order valence-electron chi connectivity index (χ3n) is 24.2. The monoisotopic (exact) mass is 927 g/mol. The van der Waals surface area contributed by atoms with Gasteiger partial charge >= 0.3 is 0 Å². The van der Waals surface area contributed by atoms with Crippen LogP contribution in [0.3, 0.4) is 0 Å². The summed E-state index contributed by atoms with van der Waals surface area (Å²) in [6.07, 6.45) is 8.39. The van der Waals surface area contributed by atoms with Crippen molar-refractivity contribution in [3.63, 3.8) is 0 Å². The molecule has 5 N–H and O–H groups in total. The number of aromatic nitrogens is 2. The van der Waals surface area contributed by atoms with Crippen molar-refractivity contribution in [2.24, 2.45) is 80.8 Å². The molecule has 4 aliphatic heterocycles. The van der Waals surface area contributed by atoms with E-state index in [1.165, 1.54) is 0 Å². The van der Waals surface area contributed by atoms with Crippen molar-refractivity contribution in [3.8, 4) is 0 Å². The molecule has 12 aliphatic rings. The number of fused-ring (bicyclic) bond motifs is 14. The van der Waals surface area contributed by atoms with E-state index in [4.69, 9.17) is 28.9 Å². The van der Waals surface area contributed by atoms with Crippen LogP contribution in [0.1, 0.15) is 150 Å². The Bertz CT molecular complexity index is 2370. The molecule has 3 spiro atoms. The first-order valence-corrected chi connectivity index (χ1v) is 26.6. The molecule has 67 heavy (non-hydrogen) atoms. The highest BCUT2D eigenvalue weighted by Crippen LogP contribution is 2.74. The summed E-state index contributed by atoms with van der Waals surface area (Å²) in [6.45, 7) is 21.3. The summed E-state index contributed by atoms with van der Waals surface area (Å²) in [5.41, 5.74) is -1.06. The molecular formula is C55H78N2O10. The van der Waals surface area contributed by atoms with Gasteiger partial charge in [0.1, 0.15) is 17.5 Å². The molecule has 8 aliphatic carbocycles. The minimum Gasteiger partial charge on any atom is -0.392 e. The van der Waals surface area contributed by atoms with E-state index >= 15 is 0 Å². The molecule has 0 amide bonds. The minimum absolute atomic E-state index is 0.0319. The first kappa shape index (κ1) is 45.0. The first-order valence-electron chi connectivity index (χ1n) is 26.6. The maximum Gasteiger partial charge on any atom is 0.174 e. The molecule has 23 unspecified atom stereocenters. The van der Waals surface area contributed by atoms with Gasteiger partial charge in [0.2, 0.25) is 0 Å². The molecule has 0 bridgehead atoms. The summed E-state index contributed by atoms with van der Waals surface area (Å²) in [4.78, 5) is 25.9. The molecular weight excluding hydrogens is 849 g/mol. The molecule has 1 aromatic rings. The quantitative estimate of drug-likeness (QED) is 0.193. The fourth-order valence-corrected chi connectivity index (χ4v) is 19.9. The van der Waals surface area contributed by atoms with Crippen LogP contribution in [0.2, 0.25) is 0 Å². The van der Waals surface area contributed by atoms with Gasteiger partial charge in [0, 0.05) is 48.3 Å². The van der Waals surface area contributed by atoms with Gasteiger partial charge in [0.15, 0.2) is 11.6 Å². The summed E-state index contributed by atoms with van der Waals surface area (Å²) >= 11 is 0. The van der Waals surface area contributed by atoms with E-state index in [-0.39, 0.29) is 76.4 Å². The number of nitrogens with zero attached hydrogens (tertiary/aromatic N) is 2. The van der Waals surface area contributed by atoms with Gasteiger partial charge in [-0.15, -0.1) is 0 Å². The standard InChI is InChI=1S/C55H78N2O10/c1-26-21-54(67-46(26,4)5)27(2)45-40(65-54)24-52(51(45,10)62)31-12-11-29-15-35-37(22-48(29,7)32(31)18-42(52)60)57-36-16-30-17-39(58)44-33(49(30,8)23-38(36)56-35)19-41(59)50(9)34(44)20-43-55(50,63)28(3)53(66-43)14-13-47(6,61)25-64-53/h20,26-33,39-41,43-45,58-59,61-63H,11-19,21-25H2,1-10H3. The highest BCUT2D eigenvalue weighted by Gasteiger charge is 2.80. The van der Waals surface area contributed by atoms with Gasteiger partial charge in [-0.2, -0.15) is 0 Å². The van der Waals surface area contributed by atoms with Crippen LogP contribution in [0.4, 0.5) is 0 Å². The largest absolute Gasteiger partial charge is 0.392 e. The zero-order valence-corrected chi connectivity index (χ0v) is 41.7. The first-order chi connectivity index (χ1) is 31.2. The van der Waals surface area contributed by atoms with Crippen LogP contribution in [0, 0.1) is 80.8 Å². The lowest BCUT2D eigenvalue weighted by molar-refractivity contribution is -0.289. The second-order valence-corrected chi connectivity index (χ2v) is 27.2. The van der Waals surface area contributed by atoms with E-state index in [0.29, 0.717) is 56.8 Å². The Balaban J connectivity index is 0.771. The van der Waals surface area contributed by atoms with Crippen molar-refractivity contribution < 1.29 is 49.3 Å². The number of ether oxygens (including phenoxy) is 4. The Morgan fingerprint density at radius 2 is 1.40 bits per heavy atom. The molecule has 5 saturated carbocycles. The summed E-state index contributed by atoms with van der Waals surface area (Å²) in [7, 11) is 0. The highest BCUT2D eigenvalue weighted by molar-refractivity contribution is 5.90. The van der Waals surface area contributed by atoms with Gasteiger partial charge in [-0.05, 0) is 138 Å². The summed E-state index contributed by atoms with van der Waals surface area (Å²) < 4.78 is 26.7. The number of rotatable bonds is 0. The number of aliphatic hydroxyl groups excluding tert-OH is 2. The minimum atomic E-state index is -1.44. The van der Waals surface area contributed by atoms with E-state index in [1.807, 2.05) is 26.8 Å². The van der Waals surface area contributed by atoms with E-state index < -0.39 is 63.4 Å². The molecule has 13 rings (SSSR count). The lowest BCUT2D eigenvalue weighted by Gasteiger charge is -2.62. The average molecular weight is 927 g/mol. The van der Waals surface area contributed by atoms with Crippen LogP contribution in [0.5, 0.6) is 0 Å². The van der Waals surface area contributed by atoms with E-state index in [0.717, 1.165) is 66.9 Å². The second kappa shape index (κ2) is 13.2. The second-order valence-electron chi connectivity index (χ2n) is 27.2. The Kier molecular flexibility index (Phi) is 8.87. The predicted molar refractivity (Wildman–Crippen MR) is 245 cm³/mol. The van der Waals surface area contributed by atoms with Gasteiger partial charge < -0.3 is 44.5 Å². The van der Waals surface area contributed by atoms with Gasteiger partial charge in [-0.25, -0.2) is 0 Å². The summed E-state index contributed by atoms with van der Waals surface area (Å²) in [5.74, 6) is -1.46. The Labute approximate surface area is 396 Å². The number of ketones is 1. The molecule has 0 aromatic carbocycles. The molecule has 368 valence electrons. The molecule has 9 fully saturated rings. The Hall–Kier alpha value is -1.87. The van der Waals surface area contributed by atoms with Crippen molar-refractivity contribution in [3.05, 3.63) is 34.4 Å². The molecule has 4 saturated heterocycles. The summed E-state index contributed by atoms with van der Waals surface area (Å²) in [5, 5.41) is 61.4. The highest BCUT2D eigenvalue weighted by atomic mass is 16.7. The topological polar surface area (TPSA) is 181 Å². The fraction of sp³-hybridized carbons (Fsp3) is 0.873. The van der Waals surface area contributed by atoms with Crippen LogP contribution in [-0.2, 0) is 49.4 Å². The zero-order chi connectivity index (χ0) is 47.4. The molecule has 12 nitrogen and oxygen atoms in total. The molecule has 1 aromatic heterocycles. The lowest BCUT2D eigenvalue weighted by Crippen LogP contribution is -2.66. The van der Waals surface area contributed by atoms with Crippen molar-refractivity contribution in [2.45, 2.75) is 211 Å². The Morgan fingerprint density at radius 1 is 0.731 bits per heavy atom. The Morgan fingerprint density at radius 3 is 2.03 bits per heavy atom. The van der Waals surface area contributed by atoms with Gasteiger partial charge in [-0.1, -0.05) is 53.2 Å². The van der Waals surface area contributed by atoms with Gasteiger partial charge in [0.05, 0.1) is 69.9 Å². The van der Waals surface area contributed by atoms with E-state index in [2.05, 4.69) is 41.5 Å². The summed E-state index contributed by atoms with van der Waals surface area (Å²) in [6, 6.07) is 0. The number of carbonyl (C=O) groups excluding carboxylic acids is 1. The van der Waals surface area contributed by atoms with Crippen LogP contribution in [0.15, 0.2) is 11.6 Å². The molecule has 12 heteroatoms. The number of Topliss-reactive ketones (excluding diaryl/α,β-unsaturated/α-hetero) is 1. The predicted octanol–water partition coefficient (Wildman–Crippen LogP) is 5.97. The van der Waals surface area contributed by atoms with Crippen LogP contribution in [-0.4, -0.2) is 106 Å². The third kappa shape index (κ3) is 5.16. The van der Waals surface area contributed by atoms with Crippen molar-refractivity contribution >= 4 is 5.78 Å². The maximum absolute atomic E-state index is 14.8. The zero-order valence-electron chi connectivity index (χ0n) is 41.7. The number of aliphatic hydroxyl groups is 5. The van der Waals surface area contributed by atoms with Crippen LogP contribution in [0.25, 0.3) is 0 Å². The normalized spacial score (nSPS) is 59.6. The van der Waals surface area contributed by atoms with Crippen molar-refractivity contribution in [1.29, 1.82) is 0 Å². The van der Waals surface area contributed by atoms with E-state index in [1.54, 1.807) is 6.92 Å². The third-order valence-corrected chi connectivity index (χ3v) is 24.2. The average Bonchev–Trinajstić information content (AvgIpc) is 3.97. The SMILES string of the molecule is CC1CC2(OC3CC4(C(=O)CC5C4CCC4Cc6nc7c(nc6CC45C)CC4CC(O)C5C6=CC8OC9(CCC(C)(O)CO9)C(C)C8(O)C6(C)C(O)CC5C4(C)C7)C(C)(O)C3C2C)OC1(C)C. The van der Waals surface area contributed by atoms with Crippen molar-refractivity contribution in [1.82, 2.24) is 9.97 Å². The smallest absolute Gasteiger partial charge is 0.174 e. The molecule has 5 heterocycles. The van der Waals surface area contributed by atoms with Crippen molar-refractivity contribution in [2.75, 3.05) is 6.61 Å². The molecule has 0 radical (unpaired) electrons. The van der Waals surface area contributed by atoms with Crippen LogP contribution < -0.4 is 0 Å². The van der Waals surface area contributed by atoms with Crippen LogP contribution >= 0.6 is 0 Å².